The van der Waals surface area contributed by atoms with E-state index in [1.807, 2.05) is 97.1 Å². The first-order chi connectivity index (χ1) is 24.4. The zero-order valence-electron chi connectivity index (χ0n) is 28.7. The van der Waals surface area contributed by atoms with Gasteiger partial charge >= 0.3 is 5.69 Å². The van der Waals surface area contributed by atoms with Gasteiger partial charge in [-0.1, -0.05) is 84.9 Å². The summed E-state index contributed by atoms with van der Waals surface area (Å²) in [5, 5.41) is 9.67. The quantitative estimate of drug-likeness (QED) is 0.111. The lowest BCUT2D eigenvalue weighted by atomic mass is 9.80. The highest BCUT2D eigenvalue weighted by atomic mass is 32.2. The molecule has 1 N–H and O–H groups in total. The van der Waals surface area contributed by atoms with E-state index in [4.69, 9.17) is 18.9 Å². The number of aliphatic hydroxyl groups is 1. The van der Waals surface area contributed by atoms with Crippen LogP contribution in [-0.4, -0.2) is 52.7 Å². The van der Waals surface area contributed by atoms with Gasteiger partial charge in [-0.05, 0) is 59.9 Å². The average molecular weight is 697 g/mol. The summed E-state index contributed by atoms with van der Waals surface area (Å²) in [5.41, 5.74) is 2.35. The molecule has 5 aromatic rings. The van der Waals surface area contributed by atoms with Crippen molar-refractivity contribution in [3.8, 4) is 11.5 Å². The number of hydrogen-bond donors (Lipinski definition) is 1. The minimum absolute atomic E-state index is 0.00461. The molecule has 1 heterocycles. The van der Waals surface area contributed by atoms with Crippen molar-refractivity contribution < 1.29 is 24.1 Å². The van der Waals surface area contributed by atoms with Crippen molar-refractivity contribution in [2.24, 2.45) is 0 Å². The fourth-order valence-electron chi connectivity index (χ4n) is 5.91. The highest BCUT2D eigenvalue weighted by Crippen LogP contribution is 2.42. The number of aromatic nitrogens is 2. The van der Waals surface area contributed by atoms with Gasteiger partial charge in [-0.3, -0.25) is 4.79 Å². The molecule has 1 atom stereocenters. The van der Waals surface area contributed by atoms with Crippen LogP contribution in [0.1, 0.15) is 34.2 Å². The predicted molar refractivity (Wildman–Crippen MR) is 197 cm³/mol. The smallest absolute Gasteiger partial charge is 0.332 e. The minimum atomic E-state index is -1.01. The Bertz CT molecular complexity index is 1850. The van der Waals surface area contributed by atoms with Gasteiger partial charge in [-0.2, -0.15) is 11.8 Å². The molecule has 1 aromatic heterocycles. The molecule has 0 saturated carbocycles. The molecular weight excluding hydrogens is 653 g/mol. The van der Waals surface area contributed by atoms with Crippen molar-refractivity contribution in [1.82, 2.24) is 9.13 Å². The molecule has 0 aliphatic rings. The van der Waals surface area contributed by atoms with Crippen LogP contribution < -0.4 is 20.7 Å². The monoisotopic (exact) mass is 696 g/mol. The Kier molecular flexibility index (Phi) is 13.1. The van der Waals surface area contributed by atoms with E-state index >= 15 is 0 Å². The van der Waals surface area contributed by atoms with Gasteiger partial charge in [0.15, 0.2) is 0 Å². The van der Waals surface area contributed by atoms with Crippen LogP contribution in [0.5, 0.6) is 11.5 Å². The molecule has 10 heteroatoms. The highest BCUT2D eigenvalue weighted by molar-refractivity contribution is 7.99. The number of aryl methyl sites for hydroxylation is 2. The maximum absolute atomic E-state index is 13.5. The summed E-state index contributed by atoms with van der Waals surface area (Å²) in [7, 11) is 3.28. The van der Waals surface area contributed by atoms with Gasteiger partial charge in [0.05, 0.1) is 34.0 Å². The molecule has 0 saturated heterocycles. The Hall–Kier alpha value is -4.61. The lowest BCUT2D eigenvalue weighted by Gasteiger charge is -2.37. The molecule has 0 radical (unpaired) electrons. The first-order valence-electron chi connectivity index (χ1n) is 16.5. The average Bonchev–Trinajstić information content (AvgIpc) is 3.17. The van der Waals surface area contributed by atoms with Crippen molar-refractivity contribution in [1.29, 1.82) is 0 Å². The Morgan fingerprint density at radius 3 is 1.90 bits per heavy atom. The van der Waals surface area contributed by atoms with Crippen LogP contribution in [-0.2, 0) is 35.0 Å². The number of nitrogens with zero attached hydrogens (tertiary/aromatic N) is 2. The van der Waals surface area contributed by atoms with E-state index in [9.17, 15) is 14.7 Å². The Morgan fingerprint density at radius 2 is 1.34 bits per heavy atom. The van der Waals surface area contributed by atoms with Gasteiger partial charge in [0, 0.05) is 29.3 Å². The second-order valence-electron chi connectivity index (χ2n) is 11.8. The zero-order chi connectivity index (χ0) is 35.3. The summed E-state index contributed by atoms with van der Waals surface area (Å²) in [6.07, 6.45) is 2.15. The second-order valence-corrected chi connectivity index (χ2v) is 13.2. The highest BCUT2D eigenvalue weighted by Gasteiger charge is 2.38. The topological polar surface area (TPSA) is 101 Å². The van der Waals surface area contributed by atoms with E-state index in [0.29, 0.717) is 30.9 Å². The number of thioether (sulfide) groups is 1. The Morgan fingerprint density at radius 1 is 0.780 bits per heavy atom. The first-order valence-corrected chi connectivity index (χ1v) is 17.6. The van der Waals surface area contributed by atoms with Crippen molar-refractivity contribution in [2.75, 3.05) is 33.2 Å². The second kappa shape index (κ2) is 17.9. The molecule has 0 bridgehead atoms. The number of rotatable bonds is 18. The molecule has 0 fully saturated rings. The SMILES string of the molecule is COc1ccc(C(OCC(CCn2cc(C)c(=O)n(COCc3ccccc3)c2=O)SCCO)(c2ccccc2)c2ccc(OC)cc2)cc1. The van der Waals surface area contributed by atoms with Crippen LogP contribution in [0.2, 0.25) is 0 Å². The van der Waals surface area contributed by atoms with E-state index in [1.165, 1.54) is 0 Å². The number of ether oxygens (including phenoxy) is 4. The van der Waals surface area contributed by atoms with Crippen LogP contribution >= 0.6 is 11.8 Å². The normalized spacial score (nSPS) is 12.1. The summed E-state index contributed by atoms with van der Waals surface area (Å²) in [5.74, 6) is 1.96. The van der Waals surface area contributed by atoms with Crippen molar-refractivity contribution in [2.45, 2.75) is 44.1 Å². The maximum Gasteiger partial charge on any atom is 0.332 e. The van der Waals surface area contributed by atoms with E-state index in [1.54, 1.807) is 43.7 Å². The van der Waals surface area contributed by atoms with Crippen LogP contribution in [0.3, 0.4) is 0 Å². The van der Waals surface area contributed by atoms with Crippen LogP contribution in [0, 0.1) is 6.92 Å². The van der Waals surface area contributed by atoms with Crippen molar-refractivity contribution in [3.05, 3.63) is 164 Å². The fourth-order valence-corrected chi connectivity index (χ4v) is 6.79. The standard InChI is InChI=1S/C40H44N2O7S/c1-30-26-41(39(45)42(38(30)44)29-48-27-31-10-6-4-7-11-31)23-22-37(50-25-24-43)28-49-40(32-12-8-5-9-13-32,33-14-18-35(46-2)19-15-33)34-16-20-36(47-3)21-17-34/h4-21,26,37,43H,22-25,27-29H2,1-3H3. The number of aliphatic hydroxyl groups excluding tert-OH is 1. The third-order valence-electron chi connectivity index (χ3n) is 8.54. The fraction of sp³-hybridized carbons (Fsp3) is 0.300. The van der Waals surface area contributed by atoms with Gasteiger partial charge in [0.1, 0.15) is 23.8 Å². The first kappa shape index (κ1) is 36.7. The Balaban J connectivity index is 1.44. The van der Waals surface area contributed by atoms with E-state index in [2.05, 4.69) is 12.1 Å². The minimum Gasteiger partial charge on any atom is -0.497 e. The largest absolute Gasteiger partial charge is 0.497 e. The molecule has 262 valence electrons. The van der Waals surface area contributed by atoms with Crippen molar-refractivity contribution in [3.63, 3.8) is 0 Å². The molecule has 5 rings (SSSR count). The molecule has 1 unspecified atom stereocenters. The lowest BCUT2D eigenvalue weighted by molar-refractivity contribution is 0.0126. The van der Waals surface area contributed by atoms with Crippen LogP contribution in [0.25, 0.3) is 0 Å². The third kappa shape index (κ3) is 8.75. The maximum atomic E-state index is 13.5. The van der Waals surface area contributed by atoms with Gasteiger partial charge in [-0.25, -0.2) is 9.36 Å². The van der Waals surface area contributed by atoms with Gasteiger partial charge < -0.3 is 28.6 Å². The van der Waals surface area contributed by atoms with Gasteiger partial charge in [0.2, 0.25) is 0 Å². The van der Waals surface area contributed by atoms with Gasteiger partial charge in [0.25, 0.3) is 5.56 Å². The molecular formula is C40H44N2O7S. The predicted octanol–water partition coefficient (Wildman–Crippen LogP) is 6.00. The Labute approximate surface area is 297 Å². The van der Waals surface area contributed by atoms with E-state index in [0.717, 1.165) is 38.3 Å². The third-order valence-corrected chi connectivity index (χ3v) is 9.80. The molecule has 0 spiro atoms. The number of methoxy groups -OCH3 is 2. The number of hydrogen-bond acceptors (Lipinski definition) is 8. The van der Waals surface area contributed by atoms with Crippen LogP contribution in [0.4, 0.5) is 0 Å². The zero-order valence-corrected chi connectivity index (χ0v) is 29.5. The summed E-state index contributed by atoms with van der Waals surface area (Å²) in [4.78, 5) is 26.5. The molecule has 50 heavy (non-hydrogen) atoms. The van der Waals surface area contributed by atoms with Gasteiger partial charge in [-0.15, -0.1) is 0 Å². The molecule has 9 nitrogen and oxygen atoms in total. The summed E-state index contributed by atoms with van der Waals surface area (Å²) in [6.45, 7) is 2.47. The number of benzene rings is 4. The summed E-state index contributed by atoms with van der Waals surface area (Å²) >= 11 is 1.58. The van der Waals surface area contributed by atoms with E-state index in [-0.39, 0.29) is 30.8 Å². The van der Waals surface area contributed by atoms with E-state index < -0.39 is 11.3 Å². The molecule has 4 aromatic carbocycles. The lowest BCUT2D eigenvalue weighted by Crippen LogP contribution is -2.41. The van der Waals surface area contributed by atoms with Crippen LogP contribution in [0.15, 0.2) is 125 Å². The summed E-state index contributed by atoms with van der Waals surface area (Å²) in [6, 6.07) is 35.4. The van der Waals surface area contributed by atoms with Crippen molar-refractivity contribution >= 4 is 11.8 Å². The molecule has 0 amide bonds. The molecule has 0 aliphatic carbocycles. The summed E-state index contributed by atoms with van der Waals surface area (Å²) < 4.78 is 26.5. The molecule has 0 aliphatic heterocycles.